The molecule has 39 heavy (non-hydrogen) atoms. The van der Waals surface area contributed by atoms with Crippen LogP contribution in [0, 0.1) is 5.92 Å². The van der Waals surface area contributed by atoms with Crippen LogP contribution in [-0.4, -0.2) is 75.2 Å². The number of benzene rings is 2. The molecular formula is C31H45N5O3. The van der Waals surface area contributed by atoms with Gasteiger partial charge in [-0.1, -0.05) is 13.8 Å². The van der Waals surface area contributed by atoms with Crippen molar-refractivity contribution in [2.75, 3.05) is 56.5 Å². The average molecular weight is 536 g/mol. The Morgan fingerprint density at radius 2 is 1.59 bits per heavy atom. The third-order valence-corrected chi connectivity index (χ3v) is 7.54. The van der Waals surface area contributed by atoms with Gasteiger partial charge >= 0.3 is 0 Å². The van der Waals surface area contributed by atoms with E-state index in [9.17, 15) is 9.59 Å². The minimum Gasteiger partial charge on any atom is -0.490 e. The summed E-state index contributed by atoms with van der Waals surface area (Å²) >= 11 is 0. The molecule has 2 aliphatic rings. The number of hydrogen-bond acceptors (Lipinski definition) is 6. The first-order valence-corrected chi connectivity index (χ1v) is 14.5. The van der Waals surface area contributed by atoms with Crippen LogP contribution < -0.4 is 25.6 Å². The molecule has 2 amide bonds. The highest BCUT2D eigenvalue weighted by molar-refractivity contribution is 5.97. The molecule has 0 bridgehead atoms. The maximum absolute atomic E-state index is 13.0. The molecule has 1 atom stereocenters. The molecule has 8 heteroatoms. The fraction of sp³-hybridized carbons (Fsp3) is 0.548. The second-order valence-corrected chi connectivity index (χ2v) is 11.3. The first-order valence-electron chi connectivity index (χ1n) is 14.5. The third-order valence-electron chi connectivity index (χ3n) is 7.54. The summed E-state index contributed by atoms with van der Waals surface area (Å²) in [4.78, 5) is 30.6. The van der Waals surface area contributed by atoms with E-state index in [1.54, 1.807) is 0 Å². The lowest BCUT2D eigenvalue weighted by Crippen LogP contribution is -2.48. The van der Waals surface area contributed by atoms with E-state index in [0.717, 1.165) is 56.1 Å². The van der Waals surface area contributed by atoms with Gasteiger partial charge in [0.1, 0.15) is 11.8 Å². The van der Waals surface area contributed by atoms with Crippen LogP contribution in [0.25, 0.3) is 0 Å². The average Bonchev–Trinajstić information content (AvgIpc) is 3.45. The molecule has 1 aliphatic heterocycles. The maximum atomic E-state index is 13.0. The van der Waals surface area contributed by atoms with Crippen molar-refractivity contribution in [2.24, 2.45) is 5.92 Å². The van der Waals surface area contributed by atoms with Crippen molar-refractivity contribution in [1.29, 1.82) is 0 Å². The SMILES string of the molecule is CC(C)C[C@H](NC(=O)c1ccc(N2CCN(C)CC2)cc1)C(=O)NCCNc1ccc(OC2CCCC2)cc1. The molecule has 8 nitrogen and oxygen atoms in total. The Morgan fingerprint density at radius 1 is 0.923 bits per heavy atom. The van der Waals surface area contributed by atoms with Gasteiger partial charge in [0.15, 0.2) is 0 Å². The Labute approximate surface area is 233 Å². The Bertz CT molecular complexity index is 1040. The molecule has 4 rings (SSSR count). The van der Waals surface area contributed by atoms with E-state index in [1.807, 2.05) is 48.5 Å². The van der Waals surface area contributed by atoms with Gasteiger partial charge in [0.25, 0.3) is 5.91 Å². The molecule has 2 aromatic carbocycles. The Kier molecular flexibility index (Phi) is 10.5. The van der Waals surface area contributed by atoms with Gasteiger partial charge in [-0.25, -0.2) is 0 Å². The highest BCUT2D eigenvalue weighted by Gasteiger charge is 2.23. The second-order valence-electron chi connectivity index (χ2n) is 11.3. The predicted octanol–water partition coefficient (Wildman–Crippen LogP) is 4.13. The number of hydrogen-bond donors (Lipinski definition) is 3. The Balaban J connectivity index is 1.22. The van der Waals surface area contributed by atoms with Crippen molar-refractivity contribution in [2.45, 2.75) is 58.1 Å². The van der Waals surface area contributed by atoms with Crippen molar-refractivity contribution >= 4 is 23.2 Å². The lowest BCUT2D eigenvalue weighted by Gasteiger charge is -2.34. The number of carbonyl (C=O) groups is 2. The van der Waals surface area contributed by atoms with Gasteiger partial charge in [-0.2, -0.15) is 0 Å². The van der Waals surface area contributed by atoms with E-state index in [0.29, 0.717) is 31.2 Å². The molecular weight excluding hydrogens is 490 g/mol. The fourth-order valence-electron chi connectivity index (χ4n) is 5.20. The summed E-state index contributed by atoms with van der Waals surface area (Å²) in [5.41, 5.74) is 2.67. The zero-order valence-electron chi connectivity index (χ0n) is 23.7. The van der Waals surface area contributed by atoms with Crippen molar-refractivity contribution in [3.8, 4) is 5.75 Å². The number of amides is 2. The van der Waals surface area contributed by atoms with Gasteiger partial charge in [-0.05, 0) is 93.6 Å². The molecule has 0 radical (unpaired) electrons. The van der Waals surface area contributed by atoms with Crippen LogP contribution in [-0.2, 0) is 4.79 Å². The van der Waals surface area contributed by atoms with Crippen molar-refractivity contribution < 1.29 is 14.3 Å². The summed E-state index contributed by atoms with van der Waals surface area (Å²) in [6, 6.07) is 15.1. The number of rotatable bonds is 12. The molecule has 212 valence electrons. The van der Waals surface area contributed by atoms with Gasteiger partial charge < -0.3 is 30.5 Å². The minimum atomic E-state index is -0.582. The summed E-state index contributed by atoms with van der Waals surface area (Å²) in [6.07, 6.45) is 5.71. The molecule has 2 aromatic rings. The van der Waals surface area contributed by atoms with Gasteiger partial charge in [-0.15, -0.1) is 0 Å². The third kappa shape index (κ3) is 8.88. The highest BCUT2D eigenvalue weighted by atomic mass is 16.5. The Hall–Kier alpha value is -3.26. The number of likely N-dealkylation sites (N-methyl/N-ethyl adjacent to an activating group) is 1. The number of nitrogens with zero attached hydrogens (tertiary/aromatic N) is 2. The van der Waals surface area contributed by atoms with Crippen LogP contribution in [0.3, 0.4) is 0 Å². The van der Waals surface area contributed by atoms with E-state index in [4.69, 9.17) is 4.74 Å². The summed E-state index contributed by atoms with van der Waals surface area (Å²) in [5.74, 6) is 0.790. The van der Waals surface area contributed by atoms with Crippen molar-refractivity contribution in [3.63, 3.8) is 0 Å². The molecule has 2 fully saturated rings. The normalized spacial score (nSPS) is 17.2. The summed E-state index contributed by atoms with van der Waals surface area (Å²) in [5, 5.41) is 9.27. The van der Waals surface area contributed by atoms with Gasteiger partial charge in [0.2, 0.25) is 5.91 Å². The smallest absolute Gasteiger partial charge is 0.251 e. The second kappa shape index (κ2) is 14.2. The number of nitrogens with one attached hydrogen (secondary N) is 3. The standard InChI is InChI=1S/C31H45N5O3/c1-23(2)22-29(34-30(37)24-8-12-26(13-9-24)36-20-18-35(3)19-21-36)31(38)33-17-16-32-25-10-14-28(15-11-25)39-27-6-4-5-7-27/h8-15,23,27,29,32H,4-7,16-22H2,1-3H3,(H,33,38)(H,34,37)/t29-/m0/s1. The van der Waals surface area contributed by atoms with Crippen LogP contribution in [0.1, 0.15) is 56.3 Å². The highest BCUT2D eigenvalue weighted by Crippen LogP contribution is 2.25. The lowest BCUT2D eigenvalue weighted by atomic mass is 10.0. The van der Waals surface area contributed by atoms with Crippen LogP contribution >= 0.6 is 0 Å². The van der Waals surface area contributed by atoms with Gasteiger partial charge in [-0.3, -0.25) is 9.59 Å². The first-order chi connectivity index (χ1) is 18.9. The van der Waals surface area contributed by atoms with Gasteiger partial charge in [0.05, 0.1) is 6.10 Å². The molecule has 0 aromatic heterocycles. The first kappa shape index (κ1) is 28.7. The summed E-state index contributed by atoms with van der Waals surface area (Å²) < 4.78 is 6.02. The largest absolute Gasteiger partial charge is 0.490 e. The zero-order valence-corrected chi connectivity index (χ0v) is 23.7. The quantitative estimate of drug-likeness (QED) is 0.355. The molecule has 1 heterocycles. The Morgan fingerprint density at radius 3 is 2.23 bits per heavy atom. The topological polar surface area (TPSA) is 85.9 Å². The fourth-order valence-corrected chi connectivity index (χ4v) is 5.20. The van der Waals surface area contributed by atoms with E-state index in [1.165, 1.54) is 12.8 Å². The minimum absolute atomic E-state index is 0.159. The summed E-state index contributed by atoms with van der Waals surface area (Å²) in [7, 11) is 2.14. The summed E-state index contributed by atoms with van der Waals surface area (Å²) in [6.45, 7) is 9.18. The monoisotopic (exact) mass is 535 g/mol. The zero-order chi connectivity index (χ0) is 27.6. The van der Waals surface area contributed by atoms with E-state index in [-0.39, 0.29) is 17.7 Å². The molecule has 1 saturated heterocycles. The number of piperazine rings is 1. The van der Waals surface area contributed by atoms with E-state index in [2.05, 4.69) is 46.6 Å². The maximum Gasteiger partial charge on any atom is 0.251 e. The van der Waals surface area contributed by atoms with Crippen LogP contribution in [0.15, 0.2) is 48.5 Å². The molecule has 3 N–H and O–H groups in total. The number of ether oxygens (including phenoxy) is 1. The van der Waals surface area contributed by atoms with Crippen molar-refractivity contribution in [3.05, 3.63) is 54.1 Å². The molecule has 1 aliphatic carbocycles. The lowest BCUT2D eigenvalue weighted by molar-refractivity contribution is -0.123. The van der Waals surface area contributed by atoms with Crippen LogP contribution in [0.4, 0.5) is 11.4 Å². The molecule has 0 spiro atoms. The van der Waals surface area contributed by atoms with Crippen LogP contribution in [0.2, 0.25) is 0 Å². The molecule has 0 unspecified atom stereocenters. The molecule has 1 saturated carbocycles. The van der Waals surface area contributed by atoms with Crippen LogP contribution in [0.5, 0.6) is 5.75 Å². The van der Waals surface area contributed by atoms with Crippen molar-refractivity contribution in [1.82, 2.24) is 15.5 Å². The predicted molar refractivity (Wildman–Crippen MR) is 158 cm³/mol. The van der Waals surface area contributed by atoms with E-state index < -0.39 is 6.04 Å². The number of carbonyl (C=O) groups excluding carboxylic acids is 2. The number of anilines is 2. The van der Waals surface area contributed by atoms with Gasteiger partial charge in [0, 0.05) is 56.2 Å². The van der Waals surface area contributed by atoms with E-state index >= 15 is 0 Å².